The summed E-state index contributed by atoms with van der Waals surface area (Å²) in [6.45, 7) is 0.750. The molecule has 20 heavy (non-hydrogen) atoms. The number of hydrogen-bond acceptors (Lipinski definition) is 4. The summed E-state index contributed by atoms with van der Waals surface area (Å²) in [4.78, 5) is 0.120. The molecule has 7 heteroatoms. The van der Waals surface area contributed by atoms with Crippen LogP contribution in [0.4, 0.5) is 0 Å². The highest BCUT2D eigenvalue weighted by Gasteiger charge is 2.20. The minimum atomic E-state index is -3.78. The third-order valence-electron chi connectivity index (χ3n) is 3.11. The highest BCUT2D eigenvalue weighted by Crippen LogP contribution is 2.32. The molecule has 0 bridgehead atoms. The smallest absolute Gasteiger partial charge is 0.240 e. The summed E-state index contributed by atoms with van der Waals surface area (Å²) in [6, 6.07) is 5.47. The van der Waals surface area contributed by atoms with Crippen LogP contribution in [-0.4, -0.2) is 32.1 Å². The van der Waals surface area contributed by atoms with E-state index in [9.17, 15) is 8.42 Å². The van der Waals surface area contributed by atoms with Crippen molar-refractivity contribution in [2.75, 3.05) is 19.1 Å². The molecule has 2 aromatic rings. The van der Waals surface area contributed by atoms with Crippen molar-refractivity contribution in [3.63, 3.8) is 0 Å². The number of hydrogen-bond donors (Lipinski definition) is 1. The second-order valence-electron chi connectivity index (χ2n) is 4.43. The molecule has 2 rings (SSSR count). The SMILES string of the molecule is COc1cccc2c1c(S(N)(=O)=O)cn2CCCSC. The van der Waals surface area contributed by atoms with Crippen LogP contribution in [-0.2, 0) is 16.6 Å². The summed E-state index contributed by atoms with van der Waals surface area (Å²) < 4.78 is 30.7. The van der Waals surface area contributed by atoms with E-state index in [2.05, 4.69) is 0 Å². The van der Waals surface area contributed by atoms with E-state index in [4.69, 9.17) is 9.88 Å². The summed E-state index contributed by atoms with van der Waals surface area (Å²) in [5, 5.41) is 5.87. The zero-order valence-electron chi connectivity index (χ0n) is 11.5. The lowest BCUT2D eigenvalue weighted by Crippen LogP contribution is -2.11. The van der Waals surface area contributed by atoms with Crippen molar-refractivity contribution in [2.24, 2.45) is 5.14 Å². The Morgan fingerprint density at radius 2 is 2.15 bits per heavy atom. The number of rotatable bonds is 6. The molecule has 0 aliphatic rings. The predicted molar refractivity (Wildman–Crippen MR) is 82.9 cm³/mol. The summed E-state index contributed by atoms with van der Waals surface area (Å²) in [5.41, 5.74) is 0.828. The molecule has 1 aromatic heterocycles. The first-order chi connectivity index (χ1) is 9.49. The number of primary sulfonamides is 1. The predicted octanol–water partition coefficient (Wildman–Crippen LogP) is 2.05. The van der Waals surface area contributed by atoms with E-state index in [0.717, 1.165) is 24.2 Å². The summed E-state index contributed by atoms with van der Waals surface area (Å²) in [7, 11) is -2.26. The van der Waals surface area contributed by atoms with E-state index in [1.54, 1.807) is 24.0 Å². The van der Waals surface area contributed by atoms with E-state index in [-0.39, 0.29) is 4.90 Å². The monoisotopic (exact) mass is 314 g/mol. The molecule has 5 nitrogen and oxygen atoms in total. The van der Waals surface area contributed by atoms with Gasteiger partial charge in [-0.3, -0.25) is 0 Å². The number of nitrogens with zero attached hydrogens (tertiary/aromatic N) is 1. The molecule has 0 aliphatic carbocycles. The molecule has 1 heterocycles. The molecule has 0 radical (unpaired) electrons. The zero-order valence-corrected chi connectivity index (χ0v) is 13.1. The number of thioether (sulfide) groups is 1. The summed E-state index contributed by atoms with van der Waals surface area (Å²) >= 11 is 1.77. The molecule has 0 spiro atoms. The Balaban J connectivity index is 2.61. The van der Waals surface area contributed by atoms with Crippen LogP contribution < -0.4 is 9.88 Å². The van der Waals surface area contributed by atoms with Gasteiger partial charge in [-0.1, -0.05) is 6.07 Å². The van der Waals surface area contributed by atoms with Crippen LogP contribution in [0.25, 0.3) is 10.9 Å². The van der Waals surface area contributed by atoms with Gasteiger partial charge >= 0.3 is 0 Å². The number of nitrogens with two attached hydrogens (primary N) is 1. The lowest BCUT2D eigenvalue weighted by molar-refractivity contribution is 0.419. The van der Waals surface area contributed by atoms with Gasteiger partial charge in [-0.05, 0) is 30.6 Å². The van der Waals surface area contributed by atoms with Gasteiger partial charge in [-0.25, -0.2) is 13.6 Å². The summed E-state index contributed by atoms with van der Waals surface area (Å²) in [5.74, 6) is 1.55. The Morgan fingerprint density at radius 1 is 1.40 bits per heavy atom. The van der Waals surface area contributed by atoms with Crippen molar-refractivity contribution < 1.29 is 13.2 Å². The van der Waals surface area contributed by atoms with Crippen LogP contribution in [0.5, 0.6) is 5.75 Å². The van der Waals surface area contributed by atoms with Crippen molar-refractivity contribution in [3.8, 4) is 5.75 Å². The maximum atomic E-state index is 11.8. The standard InChI is InChI=1S/C13H18N2O3S2/c1-18-11-6-3-5-10-13(11)12(20(14,16)17)9-15(10)7-4-8-19-2/h3,5-6,9H,4,7-8H2,1-2H3,(H2,14,16,17). The van der Waals surface area contributed by atoms with E-state index in [1.165, 1.54) is 7.11 Å². The number of benzene rings is 1. The van der Waals surface area contributed by atoms with Crippen LogP contribution in [0.15, 0.2) is 29.3 Å². The molecule has 0 atom stereocenters. The molecule has 2 N–H and O–H groups in total. The third kappa shape index (κ3) is 2.94. The normalized spacial score (nSPS) is 11.9. The van der Waals surface area contributed by atoms with Gasteiger partial charge in [0.05, 0.1) is 18.0 Å². The highest BCUT2D eigenvalue weighted by molar-refractivity contribution is 7.98. The molecule has 1 aromatic carbocycles. The number of methoxy groups -OCH3 is 1. The van der Waals surface area contributed by atoms with Crippen LogP contribution in [0.2, 0.25) is 0 Å². The van der Waals surface area contributed by atoms with E-state index in [1.807, 2.05) is 23.0 Å². The Bertz CT molecular complexity index is 708. The minimum Gasteiger partial charge on any atom is -0.496 e. The molecule has 0 amide bonds. The van der Waals surface area contributed by atoms with Crippen molar-refractivity contribution in [3.05, 3.63) is 24.4 Å². The number of ether oxygens (including phenoxy) is 1. The Hall–Kier alpha value is -1.18. The van der Waals surface area contributed by atoms with Gasteiger partial charge in [0.15, 0.2) is 0 Å². The molecule has 0 aliphatic heterocycles. The first-order valence-corrected chi connectivity index (χ1v) is 9.10. The quantitative estimate of drug-likeness (QED) is 0.828. The van der Waals surface area contributed by atoms with Gasteiger partial charge in [0, 0.05) is 12.7 Å². The minimum absolute atomic E-state index is 0.120. The van der Waals surface area contributed by atoms with Gasteiger partial charge in [-0.2, -0.15) is 11.8 Å². The van der Waals surface area contributed by atoms with Crippen LogP contribution >= 0.6 is 11.8 Å². The summed E-state index contributed by atoms with van der Waals surface area (Å²) in [6.07, 6.45) is 4.61. The average Bonchev–Trinajstić information content (AvgIpc) is 2.78. The van der Waals surface area contributed by atoms with Gasteiger partial charge in [-0.15, -0.1) is 0 Å². The Morgan fingerprint density at radius 3 is 2.75 bits per heavy atom. The molecule has 110 valence electrons. The largest absolute Gasteiger partial charge is 0.496 e. The van der Waals surface area contributed by atoms with E-state index >= 15 is 0 Å². The second kappa shape index (κ2) is 6.07. The molecular weight excluding hydrogens is 296 g/mol. The lowest BCUT2D eigenvalue weighted by Gasteiger charge is -2.06. The fourth-order valence-electron chi connectivity index (χ4n) is 2.23. The third-order valence-corrected chi connectivity index (χ3v) is 4.73. The number of aryl methyl sites for hydroxylation is 1. The Kier molecular flexibility index (Phi) is 4.62. The van der Waals surface area contributed by atoms with Gasteiger partial charge in [0.1, 0.15) is 10.6 Å². The number of aromatic nitrogens is 1. The number of sulfonamides is 1. The Labute approximate surface area is 123 Å². The molecule has 0 fully saturated rings. The first-order valence-electron chi connectivity index (χ1n) is 6.16. The van der Waals surface area contributed by atoms with Crippen molar-refractivity contribution in [1.29, 1.82) is 0 Å². The van der Waals surface area contributed by atoms with Crippen LogP contribution in [0, 0.1) is 0 Å². The second-order valence-corrected chi connectivity index (χ2v) is 6.95. The van der Waals surface area contributed by atoms with Crippen molar-refractivity contribution in [1.82, 2.24) is 4.57 Å². The molecular formula is C13H18N2O3S2. The number of fused-ring (bicyclic) bond motifs is 1. The van der Waals surface area contributed by atoms with Crippen LogP contribution in [0.1, 0.15) is 6.42 Å². The molecule has 0 saturated carbocycles. The fraction of sp³-hybridized carbons (Fsp3) is 0.385. The highest BCUT2D eigenvalue weighted by atomic mass is 32.2. The average molecular weight is 314 g/mol. The zero-order chi connectivity index (χ0) is 14.8. The molecule has 0 saturated heterocycles. The van der Waals surface area contributed by atoms with Gasteiger partial charge < -0.3 is 9.30 Å². The first kappa shape index (κ1) is 15.2. The topological polar surface area (TPSA) is 74.3 Å². The van der Waals surface area contributed by atoms with E-state index in [0.29, 0.717) is 11.1 Å². The van der Waals surface area contributed by atoms with Crippen molar-refractivity contribution >= 4 is 32.7 Å². The maximum absolute atomic E-state index is 11.8. The van der Waals surface area contributed by atoms with Gasteiger partial charge in [0.2, 0.25) is 10.0 Å². The van der Waals surface area contributed by atoms with Crippen molar-refractivity contribution in [2.45, 2.75) is 17.9 Å². The fourth-order valence-corrected chi connectivity index (χ4v) is 3.41. The maximum Gasteiger partial charge on any atom is 0.240 e. The van der Waals surface area contributed by atoms with Crippen LogP contribution in [0.3, 0.4) is 0 Å². The lowest BCUT2D eigenvalue weighted by atomic mass is 10.2. The van der Waals surface area contributed by atoms with Gasteiger partial charge in [0.25, 0.3) is 0 Å². The van der Waals surface area contributed by atoms with E-state index < -0.39 is 10.0 Å². The molecule has 0 unspecified atom stereocenters.